The van der Waals surface area contributed by atoms with Gasteiger partial charge >= 0.3 is 0 Å². The first kappa shape index (κ1) is 22.7. The van der Waals surface area contributed by atoms with E-state index >= 15 is 0 Å². The maximum absolute atomic E-state index is 13.3. The highest BCUT2D eigenvalue weighted by Crippen LogP contribution is 2.32. The molecule has 0 unspecified atom stereocenters. The van der Waals surface area contributed by atoms with Crippen LogP contribution >= 0.6 is 45.2 Å². The van der Waals surface area contributed by atoms with Gasteiger partial charge in [-0.1, -0.05) is 31.4 Å². The van der Waals surface area contributed by atoms with E-state index < -0.39 is 0 Å². The van der Waals surface area contributed by atoms with Crippen LogP contribution in [0.2, 0.25) is 0 Å². The van der Waals surface area contributed by atoms with Crippen molar-refractivity contribution in [2.75, 3.05) is 0 Å². The summed E-state index contributed by atoms with van der Waals surface area (Å²) in [6, 6.07) is 11.6. The molecule has 7 heteroatoms. The van der Waals surface area contributed by atoms with E-state index in [2.05, 4.69) is 50.3 Å². The second-order valence-corrected chi connectivity index (χ2v) is 10.5. The number of aromatic nitrogens is 2. The van der Waals surface area contributed by atoms with Crippen LogP contribution in [0.4, 0.5) is 0 Å². The number of fused-ring (bicyclic) bond motifs is 1. The molecule has 4 rings (SSSR count). The lowest BCUT2D eigenvalue weighted by Gasteiger charge is -2.22. The summed E-state index contributed by atoms with van der Waals surface area (Å²) in [4.78, 5) is 18.2. The number of para-hydroxylation sites is 1. The van der Waals surface area contributed by atoms with Gasteiger partial charge in [-0.15, -0.1) is 0 Å². The van der Waals surface area contributed by atoms with Crippen LogP contribution < -0.4 is 10.3 Å². The third-order valence-corrected chi connectivity index (χ3v) is 7.05. The molecule has 2 aromatic carbocycles. The molecule has 1 saturated carbocycles. The Bertz CT molecular complexity index is 1160. The third kappa shape index (κ3) is 5.13. The van der Waals surface area contributed by atoms with E-state index in [1.54, 1.807) is 6.21 Å². The molecule has 31 heavy (non-hydrogen) atoms. The topological polar surface area (TPSA) is 56.5 Å². The predicted octanol–water partition coefficient (Wildman–Crippen LogP) is 6.32. The zero-order chi connectivity index (χ0) is 22.0. The van der Waals surface area contributed by atoms with Crippen molar-refractivity contribution in [2.24, 2.45) is 5.10 Å². The van der Waals surface area contributed by atoms with Crippen molar-refractivity contribution in [3.63, 3.8) is 0 Å². The van der Waals surface area contributed by atoms with Crippen LogP contribution in [0, 0.1) is 7.14 Å². The molecule has 0 saturated heterocycles. The molecule has 1 fully saturated rings. The molecule has 1 heterocycles. The van der Waals surface area contributed by atoms with Crippen LogP contribution in [0.15, 0.2) is 46.3 Å². The maximum atomic E-state index is 13.3. The zero-order valence-electron chi connectivity index (χ0n) is 17.6. The Morgan fingerprint density at radius 2 is 1.81 bits per heavy atom. The molecule has 1 aromatic heterocycles. The van der Waals surface area contributed by atoms with E-state index in [0.29, 0.717) is 5.39 Å². The molecule has 162 valence electrons. The molecule has 1 aliphatic carbocycles. The minimum atomic E-state index is -0.105. The number of hydrogen-bond acceptors (Lipinski definition) is 4. The van der Waals surface area contributed by atoms with Crippen molar-refractivity contribution in [1.29, 1.82) is 0 Å². The second-order valence-electron chi connectivity index (χ2n) is 8.16. The van der Waals surface area contributed by atoms with Crippen LogP contribution in [0.3, 0.4) is 0 Å². The molecule has 1 aliphatic rings. The van der Waals surface area contributed by atoms with E-state index in [9.17, 15) is 4.79 Å². The van der Waals surface area contributed by atoms with Gasteiger partial charge in [-0.05, 0) is 102 Å². The number of nitrogens with zero attached hydrogens (tertiary/aromatic N) is 3. The fourth-order valence-electron chi connectivity index (χ4n) is 4.00. The molecular formula is C24H25I2N3O2. The quantitative estimate of drug-likeness (QED) is 0.242. The van der Waals surface area contributed by atoms with Gasteiger partial charge in [-0.3, -0.25) is 4.79 Å². The monoisotopic (exact) mass is 641 g/mol. The summed E-state index contributed by atoms with van der Waals surface area (Å²) in [5, 5.41) is 5.24. The van der Waals surface area contributed by atoms with E-state index in [1.165, 1.54) is 23.9 Å². The lowest BCUT2D eigenvalue weighted by Crippen LogP contribution is -2.25. The van der Waals surface area contributed by atoms with E-state index in [4.69, 9.17) is 9.72 Å². The first-order valence-electron chi connectivity index (χ1n) is 10.7. The average molecular weight is 641 g/mol. The van der Waals surface area contributed by atoms with Gasteiger partial charge in [0.2, 0.25) is 0 Å². The molecule has 0 amide bonds. The van der Waals surface area contributed by atoms with Crippen molar-refractivity contribution in [2.45, 2.75) is 58.0 Å². The molecule has 0 aliphatic heterocycles. The Morgan fingerprint density at radius 3 is 2.48 bits per heavy atom. The van der Waals surface area contributed by atoms with Crippen molar-refractivity contribution in [3.8, 4) is 5.75 Å². The molecule has 5 nitrogen and oxygen atoms in total. The van der Waals surface area contributed by atoms with Crippen LogP contribution in [0.25, 0.3) is 10.9 Å². The standard InChI is InChI=1S/C24H25I2N3O2/c1-15(2)31-22-19(25)12-16(13-20(22)26)14-27-29-23(17-8-4-3-5-9-17)28-21-11-7-6-10-18(21)24(29)30/h6-7,10-15,17H,3-5,8-9H2,1-2H3. The predicted molar refractivity (Wildman–Crippen MR) is 142 cm³/mol. The lowest BCUT2D eigenvalue weighted by atomic mass is 9.88. The molecule has 0 spiro atoms. The summed E-state index contributed by atoms with van der Waals surface area (Å²) in [5.41, 5.74) is 1.57. The minimum absolute atomic E-state index is 0.105. The number of ether oxygens (including phenoxy) is 1. The largest absolute Gasteiger partial charge is 0.489 e. The van der Waals surface area contributed by atoms with Crippen molar-refractivity contribution in [1.82, 2.24) is 9.66 Å². The Kier molecular flexibility index (Phi) is 7.30. The lowest BCUT2D eigenvalue weighted by molar-refractivity contribution is 0.239. The maximum Gasteiger partial charge on any atom is 0.282 e. The van der Waals surface area contributed by atoms with Crippen molar-refractivity contribution in [3.05, 3.63) is 65.3 Å². The van der Waals surface area contributed by atoms with Crippen LogP contribution in [0.5, 0.6) is 5.75 Å². The smallest absolute Gasteiger partial charge is 0.282 e. The van der Waals surface area contributed by atoms with Gasteiger partial charge in [0.1, 0.15) is 11.6 Å². The summed E-state index contributed by atoms with van der Waals surface area (Å²) in [6.45, 7) is 4.04. The average Bonchev–Trinajstić information content (AvgIpc) is 2.76. The Hall–Kier alpha value is -1.49. The Morgan fingerprint density at radius 1 is 1.13 bits per heavy atom. The summed E-state index contributed by atoms with van der Waals surface area (Å²) in [6.07, 6.45) is 7.57. The summed E-state index contributed by atoms with van der Waals surface area (Å²) < 4.78 is 9.51. The van der Waals surface area contributed by atoms with Gasteiger partial charge in [-0.25, -0.2) is 4.98 Å². The summed E-state index contributed by atoms with van der Waals surface area (Å²) >= 11 is 4.57. The van der Waals surface area contributed by atoms with Gasteiger partial charge in [-0.2, -0.15) is 9.78 Å². The molecule has 3 aromatic rings. The first-order valence-corrected chi connectivity index (χ1v) is 12.8. The van der Waals surface area contributed by atoms with Gasteiger partial charge in [0, 0.05) is 5.92 Å². The number of hydrogen-bond donors (Lipinski definition) is 0. The summed E-state index contributed by atoms with van der Waals surface area (Å²) in [7, 11) is 0. The van der Waals surface area contributed by atoms with E-state index in [-0.39, 0.29) is 17.6 Å². The van der Waals surface area contributed by atoms with Crippen molar-refractivity contribution < 1.29 is 4.74 Å². The van der Waals surface area contributed by atoms with Gasteiger partial charge < -0.3 is 4.74 Å². The highest BCUT2D eigenvalue weighted by atomic mass is 127. The minimum Gasteiger partial charge on any atom is -0.489 e. The Balaban J connectivity index is 1.77. The van der Waals surface area contributed by atoms with Crippen molar-refractivity contribution >= 4 is 62.3 Å². The highest BCUT2D eigenvalue weighted by molar-refractivity contribution is 14.1. The van der Waals surface area contributed by atoms with Gasteiger partial charge in [0.05, 0.1) is 30.4 Å². The number of rotatable bonds is 5. The molecule has 0 radical (unpaired) electrons. The molecule has 0 N–H and O–H groups in total. The molecule has 0 bridgehead atoms. The number of benzene rings is 2. The fraction of sp³-hybridized carbons (Fsp3) is 0.375. The van der Waals surface area contributed by atoms with Gasteiger partial charge in [0.25, 0.3) is 5.56 Å². The third-order valence-electron chi connectivity index (χ3n) is 5.45. The first-order chi connectivity index (χ1) is 14.9. The fourth-order valence-corrected chi connectivity index (χ4v) is 6.07. The second kappa shape index (κ2) is 9.97. The molecule has 0 atom stereocenters. The Labute approximate surface area is 209 Å². The zero-order valence-corrected chi connectivity index (χ0v) is 22.0. The SMILES string of the molecule is CC(C)Oc1c(I)cc(C=Nn2c(C3CCCCC3)nc3ccccc3c2=O)cc1I. The normalized spacial score (nSPS) is 15.3. The van der Waals surface area contributed by atoms with E-state index in [0.717, 1.165) is 42.6 Å². The van der Waals surface area contributed by atoms with Crippen LogP contribution in [0.1, 0.15) is 63.3 Å². The van der Waals surface area contributed by atoms with Crippen LogP contribution in [-0.2, 0) is 0 Å². The molecular weight excluding hydrogens is 616 g/mol. The van der Waals surface area contributed by atoms with Gasteiger partial charge in [0.15, 0.2) is 0 Å². The highest BCUT2D eigenvalue weighted by Gasteiger charge is 2.22. The summed E-state index contributed by atoms with van der Waals surface area (Å²) in [5.74, 6) is 1.94. The van der Waals surface area contributed by atoms with Crippen LogP contribution in [-0.4, -0.2) is 22.0 Å². The number of halogens is 2. The van der Waals surface area contributed by atoms with E-state index in [1.807, 2.05) is 50.2 Å².